The first-order chi connectivity index (χ1) is 19.3. The number of amides is 2. The first kappa shape index (κ1) is 27.2. The second-order valence-electron chi connectivity index (χ2n) is 10.2. The van der Waals surface area contributed by atoms with E-state index >= 15 is 0 Å². The van der Waals surface area contributed by atoms with Crippen LogP contribution < -0.4 is 19.7 Å². The summed E-state index contributed by atoms with van der Waals surface area (Å²) in [4.78, 5) is 39.8. The van der Waals surface area contributed by atoms with Crippen molar-refractivity contribution in [1.29, 1.82) is 0 Å². The van der Waals surface area contributed by atoms with Gasteiger partial charge in [0.25, 0.3) is 0 Å². The molecule has 10 heteroatoms. The fraction of sp³-hybridized carbons (Fsp3) is 0.400. The molecule has 0 bridgehead atoms. The van der Waals surface area contributed by atoms with Gasteiger partial charge in [-0.3, -0.25) is 19.1 Å². The molecule has 210 valence electrons. The Morgan fingerprint density at radius 1 is 1.12 bits per heavy atom. The molecule has 0 saturated heterocycles. The van der Waals surface area contributed by atoms with E-state index in [-0.39, 0.29) is 37.7 Å². The van der Waals surface area contributed by atoms with Crippen LogP contribution in [0.3, 0.4) is 0 Å². The Morgan fingerprint density at radius 3 is 2.60 bits per heavy atom. The van der Waals surface area contributed by atoms with Crippen LogP contribution in [0.25, 0.3) is 0 Å². The second-order valence-corrected chi connectivity index (χ2v) is 10.2. The molecule has 1 aliphatic carbocycles. The summed E-state index contributed by atoms with van der Waals surface area (Å²) in [7, 11) is 1.68. The van der Waals surface area contributed by atoms with Crippen molar-refractivity contribution in [2.45, 2.75) is 58.0 Å². The largest absolute Gasteiger partial charge is 0.466 e. The average Bonchev–Trinajstić information content (AvgIpc) is 3.60. The second kappa shape index (κ2) is 11.8. The number of esters is 1. The van der Waals surface area contributed by atoms with E-state index in [1.807, 2.05) is 37.3 Å². The van der Waals surface area contributed by atoms with Gasteiger partial charge in [-0.25, -0.2) is 0 Å². The maximum atomic E-state index is 13.7. The molecule has 2 amide bonds. The van der Waals surface area contributed by atoms with Gasteiger partial charge in [-0.2, -0.15) is 5.10 Å². The number of aromatic nitrogens is 2. The normalized spacial score (nSPS) is 14.5. The highest BCUT2D eigenvalue weighted by Crippen LogP contribution is 2.41. The predicted molar refractivity (Wildman–Crippen MR) is 147 cm³/mol. The lowest BCUT2D eigenvalue weighted by molar-refractivity contribution is -0.140. The number of fused-ring (bicyclic) bond motifs is 1. The van der Waals surface area contributed by atoms with E-state index in [0.29, 0.717) is 35.9 Å². The van der Waals surface area contributed by atoms with E-state index in [1.165, 1.54) is 11.8 Å². The number of nitrogens with zero attached hydrogens (tertiary/aromatic N) is 3. The fourth-order valence-electron chi connectivity index (χ4n) is 4.93. The number of rotatable bonds is 11. The van der Waals surface area contributed by atoms with Gasteiger partial charge in [-0.1, -0.05) is 30.3 Å². The molecular weight excluding hydrogens is 512 g/mol. The molecule has 2 aliphatic rings. The maximum absolute atomic E-state index is 13.7. The molecule has 1 aromatic heterocycles. The number of hydrogen-bond donors (Lipinski definition) is 1. The molecule has 3 aromatic rings. The number of carbonyl (C=O) groups excluding carboxylic acids is 3. The molecule has 0 unspecified atom stereocenters. The molecule has 2 aromatic carbocycles. The summed E-state index contributed by atoms with van der Waals surface area (Å²) in [6.07, 6.45) is 3.00. The van der Waals surface area contributed by atoms with Gasteiger partial charge in [-0.15, -0.1) is 0 Å². The summed E-state index contributed by atoms with van der Waals surface area (Å²) in [5.74, 6) is 0.689. The van der Waals surface area contributed by atoms with Gasteiger partial charge < -0.3 is 24.4 Å². The smallest absolute Gasteiger partial charge is 0.302 e. The number of hydrogen-bond acceptors (Lipinski definition) is 7. The number of nitrogens with one attached hydrogen (secondary N) is 1. The van der Waals surface area contributed by atoms with Crippen molar-refractivity contribution in [3.8, 4) is 11.5 Å². The maximum Gasteiger partial charge on any atom is 0.302 e. The van der Waals surface area contributed by atoms with Crippen LogP contribution in [0, 0.1) is 6.92 Å². The zero-order chi connectivity index (χ0) is 28.2. The lowest BCUT2D eigenvalue weighted by atomic mass is 10.0. The molecule has 10 nitrogen and oxygen atoms in total. The minimum Gasteiger partial charge on any atom is -0.466 e. The standard InChI is InChI=1S/C30H34N4O6/c1-19-24(13-14-38-20(2)35)29(22-9-10-22)32-34(19)17-28(36)31-25(15-21-7-5-4-6-8-21)30(37)33(3)23-11-12-26-27(16-23)40-18-39-26/h4-8,11-12,16,22,25H,9-10,13-15,17-18H2,1-3H3,(H,31,36)/t25-/m0/s1. The monoisotopic (exact) mass is 546 g/mol. The van der Waals surface area contributed by atoms with Crippen LogP contribution in [0.1, 0.15) is 48.2 Å². The number of anilines is 1. The van der Waals surface area contributed by atoms with E-state index in [2.05, 4.69) is 5.32 Å². The van der Waals surface area contributed by atoms with Crippen molar-refractivity contribution < 1.29 is 28.6 Å². The summed E-state index contributed by atoms with van der Waals surface area (Å²) in [5.41, 5.74) is 4.43. The van der Waals surface area contributed by atoms with E-state index < -0.39 is 6.04 Å². The van der Waals surface area contributed by atoms with Crippen molar-refractivity contribution in [3.05, 3.63) is 71.0 Å². The lowest BCUT2D eigenvalue weighted by Crippen LogP contribution is -2.49. The lowest BCUT2D eigenvalue weighted by Gasteiger charge is -2.25. The van der Waals surface area contributed by atoms with Crippen LogP contribution in [0.5, 0.6) is 11.5 Å². The van der Waals surface area contributed by atoms with Gasteiger partial charge in [-0.05, 0) is 43.0 Å². The summed E-state index contributed by atoms with van der Waals surface area (Å²) in [6.45, 7) is 3.71. The number of likely N-dealkylation sites (N-methyl/N-ethyl adjacent to an activating group) is 1. The highest BCUT2D eigenvalue weighted by atomic mass is 16.7. The molecule has 1 saturated carbocycles. The summed E-state index contributed by atoms with van der Waals surface area (Å²) in [6, 6.07) is 14.1. The molecule has 1 atom stereocenters. The molecular formula is C30H34N4O6. The minimum absolute atomic E-state index is 0.0224. The first-order valence-electron chi connectivity index (χ1n) is 13.5. The summed E-state index contributed by atoms with van der Waals surface area (Å²) >= 11 is 0. The molecule has 2 heterocycles. The van der Waals surface area contributed by atoms with Crippen LogP contribution in [-0.4, -0.2) is 54.1 Å². The number of carbonyl (C=O) groups is 3. The Hall–Kier alpha value is -4.34. The highest BCUT2D eigenvalue weighted by Gasteiger charge is 2.32. The van der Waals surface area contributed by atoms with Crippen LogP contribution >= 0.6 is 0 Å². The Morgan fingerprint density at radius 2 is 1.88 bits per heavy atom. The quantitative estimate of drug-likeness (QED) is 0.367. The zero-order valence-electron chi connectivity index (χ0n) is 23.0. The van der Waals surface area contributed by atoms with E-state index in [9.17, 15) is 14.4 Å². The van der Waals surface area contributed by atoms with Crippen molar-refractivity contribution in [2.75, 3.05) is 25.3 Å². The van der Waals surface area contributed by atoms with Gasteiger partial charge in [0.2, 0.25) is 18.6 Å². The Kier molecular flexibility index (Phi) is 8.04. The minimum atomic E-state index is -0.799. The molecule has 1 N–H and O–H groups in total. The summed E-state index contributed by atoms with van der Waals surface area (Å²) in [5, 5.41) is 7.72. The number of benzene rings is 2. The van der Waals surface area contributed by atoms with Gasteiger partial charge in [0.1, 0.15) is 12.6 Å². The SMILES string of the molecule is CC(=O)OCCc1c(C2CC2)nn(CC(=O)N[C@@H](Cc2ccccc2)C(=O)N(C)c2ccc3c(c2)OCO3)c1C. The average molecular weight is 547 g/mol. The van der Waals surface area contributed by atoms with Crippen LogP contribution in [0.4, 0.5) is 5.69 Å². The van der Waals surface area contributed by atoms with Crippen LogP contribution in [-0.2, 0) is 38.5 Å². The van der Waals surface area contributed by atoms with E-state index in [0.717, 1.165) is 35.4 Å². The first-order valence-corrected chi connectivity index (χ1v) is 13.5. The van der Waals surface area contributed by atoms with Gasteiger partial charge >= 0.3 is 5.97 Å². The van der Waals surface area contributed by atoms with Gasteiger partial charge in [0.15, 0.2) is 11.5 Å². The Bertz CT molecular complexity index is 1400. The predicted octanol–water partition coefficient (Wildman–Crippen LogP) is 3.29. The molecule has 1 aliphatic heterocycles. The van der Waals surface area contributed by atoms with Crippen molar-refractivity contribution in [2.24, 2.45) is 0 Å². The van der Waals surface area contributed by atoms with Crippen molar-refractivity contribution in [3.63, 3.8) is 0 Å². The molecule has 0 spiro atoms. The summed E-state index contributed by atoms with van der Waals surface area (Å²) < 4.78 is 17.7. The molecule has 5 rings (SSSR count). The van der Waals surface area contributed by atoms with Crippen LogP contribution in [0.15, 0.2) is 48.5 Å². The Balaban J connectivity index is 1.32. The zero-order valence-corrected chi connectivity index (χ0v) is 23.0. The van der Waals surface area contributed by atoms with Crippen LogP contribution in [0.2, 0.25) is 0 Å². The molecule has 1 fully saturated rings. The molecule has 40 heavy (non-hydrogen) atoms. The van der Waals surface area contributed by atoms with Gasteiger partial charge in [0, 0.05) is 50.2 Å². The van der Waals surface area contributed by atoms with E-state index in [4.69, 9.17) is 19.3 Å². The van der Waals surface area contributed by atoms with Crippen molar-refractivity contribution in [1.82, 2.24) is 15.1 Å². The van der Waals surface area contributed by atoms with E-state index in [1.54, 1.807) is 29.9 Å². The fourth-order valence-corrected chi connectivity index (χ4v) is 4.93. The third-order valence-corrected chi connectivity index (χ3v) is 7.27. The highest BCUT2D eigenvalue weighted by molar-refractivity contribution is 5.99. The Labute approximate surface area is 233 Å². The van der Waals surface area contributed by atoms with Gasteiger partial charge in [0.05, 0.1) is 12.3 Å². The third-order valence-electron chi connectivity index (χ3n) is 7.27. The van der Waals surface area contributed by atoms with Crippen molar-refractivity contribution >= 4 is 23.5 Å². The third kappa shape index (κ3) is 6.27. The number of ether oxygens (including phenoxy) is 3. The topological polar surface area (TPSA) is 112 Å². The molecule has 0 radical (unpaired) electrons.